The van der Waals surface area contributed by atoms with E-state index in [1.54, 1.807) is 0 Å². The molecule has 1 atom stereocenters. The third kappa shape index (κ3) is 4.09. The second-order valence-corrected chi connectivity index (χ2v) is 2.11. The van der Waals surface area contributed by atoms with Crippen LogP contribution in [-0.2, 0) is 4.79 Å². The van der Waals surface area contributed by atoms with Gasteiger partial charge in [-0.25, -0.2) is 0 Å². The molecule has 3 N–H and O–H groups in total. The Hall–Kier alpha value is -0.830. The molecule has 0 aromatic carbocycles. The number of nitrogens with one attached hydrogen (secondary N) is 1. The summed E-state index contributed by atoms with van der Waals surface area (Å²) in [4.78, 5) is 10.6. The summed E-state index contributed by atoms with van der Waals surface area (Å²) < 4.78 is 0. The summed E-state index contributed by atoms with van der Waals surface area (Å²) in [6.45, 7) is 5.32. The van der Waals surface area contributed by atoms with Crippen LogP contribution in [0.1, 0.15) is 19.8 Å². The molecule has 58 valence electrons. The van der Waals surface area contributed by atoms with Crippen LogP contribution in [0.5, 0.6) is 0 Å². The average molecular weight is 142 g/mol. The first-order valence-corrected chi connectivity index (χ1v) is 3.39. The molecule has 0 heterocycles. The van der Waals surface area contributed by atoms with Gasteiger partial charge in [0.2, 0.25) is 5.91 Å². The quantitative estimate of drug-likeness (QED) is 0.440. The number of rotatable bonds is 4. The minimum atomic E-state index is -0.226. The van der Waals surface area contributed by atoms with Gasteiger partial charge in [-0.15, -0.1) is 0 Å². The van der Waals surface area contributed by atoms with E-state index in [0.29, 0.717) is 0 Å². The topological polar surface area (TPSA) is 55.1 Å². The van der Waals surface area contributed by atoms with Gasteiger partial charge in [-0.3, -0.25) is 4.79 Å². The van der Waals surface area contributed by atoms with E-state index in [0.717, 1.165) is 12.8 Å². The molecule has 0 radical (unpaired) electrons. The minimum absolute atomic E-state index is 0.207. The van der Waals surface area contributed by atoms with Crippen LogP contribution in [0.2, 0.25) is 0 Å². The van der Waals surface area contributed by atoms with Crippen LogP contribution in [0.3, 0.4) is 0 Å². The second kappa shape index (κ2) is 4.99. The summed E-state index contributed by atoms with van der Waals surface area (Å²) in [5, 5.41) is 2.55. The zero-order valence-electron chi connectivity index (χ0n) is 6.26. The molecule has 0 aliphatic heterocycles. The molecule has 0 aromatic rings. The highest BCUT2D eigenvalue weighted by atomic mass is 16.1. The van der Waals surface area contributed by atoms with Crippen LogP contribution < -0.4 is 11.1 Å². The first-order valence-electron chi connectivity index (χ1n) is 3.39. The SMILES string of the molecule is C=CC(=O)NC(N)CCC. The number of nitrogens with two attached hydrogens (primary N) is 1. The summed E-state index contributed by atoms with van der Waals surface area (Å²) in [6, 6.07) is 0. The average Bonchev–Trinajstić information content (AvgIpc) is 1.88. The summed E-state index contributed by atoms with van der Waals surface area (Å²) in [7, 11) is 0. The van der Waals surface area contributed by atoms with Crippen molar-refractivity contribution < 1.29 is 4.79 Å². The molecule has 0 aliphatic carbocycles. The van der Waals surface area contributed by atoms with Crippen molar-refractivity contribution in [2.24, 2.45) is 5.73 Å². The molecule has 0 saturated carbocycles. The van der Waals surface area contributed by atoms with E-state index in [-0.39, 0.29) is 12.1 Å². The van der Waals surface area contributed by atoms with Gasteiger partial charge in [-0.2, -0.15) is 0 Å². The number of amides is 1. The fraction of sp³-hybridized carbons (Fsp3) is 0.571. The Balaban J connectivity index is 3.46. The van der Waals surface area contributed by atoms with Gasteiger partial charge in [0.1, 0.15) is 0 Å². The van der Waals surface area contributed by atoms with Crippen LogP contribution in [0.4, 0.5) is 0 Å². The highest BCUT2D eigenvalue weighted by molar-refractivity contribution is 5.86. The van der Waals surface area contributed by atoms with E-state index in [1.165, 1.54) is 6.08 Å². The van der Waals surface area contributed by atoms with Gasteiger partial charge in [0.05, 0.1) is 6.17 Å². The van der Waals surface area contributed by atoms with Gasteiger partial charge in [0.15, 0.2) is 0 Å². The predicted octanol–water partition coefficient (Wildman–Crippen LogP) is 0.373. The normalized spacial score (nSPS) is 12.2. The van der Waals surface area contributed by atoms with E-state index in [9.17, 15) is 4.79 Å². The molecular formula is C7H14N2O. The Bertz CT molecular complexity index is 123. The predicted molar refractivity (Wildman–Crippen MR) is 41.2 cm³/mol. The monoisotopic (exact) mass is 142 g/mol. The van der Waals surface area contributed by atoms with Crippen LogP contribution in [-0.4, -0.2) is 12.1 Å². The fourth-order valence-electron chi connectivity index (χ4n) is 0.625. The van der Waals surface area contributed by atoms with E-state index >= 15 is 0 Å². The molecule has 1 unspecified atom stereocenters. The van der Waals surface area contributed by atoms with Gasteiger partial charge < -0.3 is 11.1 Å². The Morgan fingerprint density at radius 3 is 2.90 bits per heavy atom. The Kier molecular flexibility index (Phi) is 4.58. The van der Waals surface area contributed by atoms with Crippen molar-refractivity contribution in [1.82, 2.24) is 5.32 Å². The fourth-order valence-corrected chi connectivity index (χ4v) is 0.625. The van der Waals surface area contributed by atoms with Crippen LogP contribution in [0.15, 0.2) is 12.7 Å². The molecule has 0 bridgehead atoms. The minimum Gasteiger partial charge on any atom is -0.337 e. The van der Waals surface area contributed by atoms with Crippen molar-refractivity contribution in [3.63, 3.8) is 0 Å². The molecule has 0 aliphatic rings. The maximum Gasteiger partial charge on any atom is 0.244 e. The van der Waals surface area contributed by atoms with E-state index in [1.807, 2.05) is 6.92 Å². The molecule has 0 aromatic heterocycles. The first-order chi connectivity index (χ1) is 4.70. The van der Waals surface area contributed by atoms with Gasteiger partial charge in [0, 0.05) is 0 Å². The largest absolute Gasteiger partial charge is 0.337 e. The number of carbonyl (C=O) groups is 1. The number of hydrogen-bond acceptors (Lipinski definition) is 2. The maximum atomic E-state index is 10.6. The van der Waals surface area contributed by atoms with E-state index in [2.05, 4.69) is 11.9 Å². The lowest BCUT2D eigenvalue weighted by molar-refractivity contribution is -0.117. The van der Waals surface area contributed by atoms with Crippen molar-refractivity contribution in [3.8, 4) is 0 Å². The molecule has 0 spiro atoms. The van der Waals surface area contributed by atoms with Gasteiger partial charge in [-0.05, 0) is 12.5 Å². The zero-order valence-corrected chi connectivity index (χ0v) is 6.26. The number of carbonyl (C=O) groups excluding carboxylic acids is 1. The summed E-state index contributed by atoms with van der Waals surface area (Å²) >= 11 is 0. The smallest absolute Gasteiger partial charge is 0.244 e. The van der Waals surface area contributed by atoms with Gasteiger partial charge >= 0.3 is 0 Å². The zero-order chi connectivity index (χ0) is 7.98. The molecule has 3 heteroatoms. The lowest BCUT2D eigenvalue weighted by atomic mass is 10.3. The molecule has 0 rings (SSSR count). The third-order valence-corrected chi connectivity index (χ3v) is 1.11. The summed E-state index contributed by atoms with van der Waals surface area (Å²) in [5.74, 6) is -0.207. The van der Waals surface area contributed by atoms with Gasteiger partial charge in [-0.1, -0.05) is 19.9 Å². The van der Waals surface area contributed by atoms with Gasteiger partial charge in [0.25, 0.3) is 0 Å². The van der Waals surface area contributed by atoms with Crippen molar-refractivity contribution in [3.05, 3.63) is 12.7 Å². The molecule has 1 amide bonds. The van der Waals surface area contributed by atoms with Crippen LogP contribution in [0, 0.1) is 0 Å². The lowest BCUT2D eigenvalue weighted by Gasteiger charge is -2.09. The second-order valence-electron chi connectivity index (χ2n) is 2.11. The lowest BCUT2D eigenvalue weighted by Crippen LogP contribution is -2.40. The summed E-state index contributed by atoms with van der Waals surface area (Å²) in [6.07, 6.45) is 2.77. The maximum absolute atomic E-state index is 10.6. The number of hydrogen-bond donors (Lipinski definition) is 2. The Morgan fingerprint density at radius 2 is 2.50 bits per heavy atom. The Morgan fingerprint density at radius 1 is 1.90 bits per heavy atom. The molecule has 10 heavy (non-hydrogen) atoms. The molecule has 0 fully saturated rings. The first kappa shape index (κ1) is 9.17. The van der Waals surface area contributed by atoms with Crippen molar-refractivity contribution >= 4 is 5.91 Å². The standard InChI is InChI=1S/C7H14N2O/c1-3-5-6(8)9-7(10)4-2/h4,6H,2-3,5,8H2,1H3,(H,9,10). The van der Waals surface area contributed by atoms with Crippen LogP contribution >= 0.6 is 0 Å². The van der Waals surface area contributed by atoms with E-state index < -0.39 is 0 Å². The molecule has 0 saturated heterocycles. The van der Waals surface area contributed by atoms with E-state index in [4.69, 9.17) is 5.73 Å². The van der Waals surface area contributed by atoms with Crippen molar-refractivity contribution in [2.45, 2.75) is 25.9 Å². The van der Waals surface area contributed by atoms with Crippen LogP contribution in [0.25, 0.3) is 0 Å². The highest BCUT2D eigenvalue weighted by Crippen LogP contribution is 1.88. The van der Waals surface area contributed by atoms with Crippen molar-refractivity contribution in [2.75, 3.05) is 0 Å². The Labute approximate surface area is 61.3 Å². The highest BCUT2D eigenvalue weighted by Gasteiger charge is 2.00. The third-order valence-electron chi connectivity index (χ3n) is 1.11. The summed E-state index contributed by atoms with van der Waals surface area (Å²) in [5.41, 5.74) is 5.48. The molecular weight excluding hydrogens is 128 g/mol. The molecule has 3 nitrogen and oxygen atoms in total. The van der Waals surface area contributed by atoms with Crippen molar-refractivity contribution in [1.29, 1.82) is 0 Å².